The maximum Gasteiger partial charge on any atom is 0.235 e. The topological polar surface area (TPSA) is 51.0 Å². The number of thioether (sulfide) groups is 1. The summed E-state index contributed by atoms with van der Waals surface area (Å²) in [4.78, 5) is 14.8. The number of carbonyl (C=O) groups is 1. The minimum Gasteiger partial charge on any atom is -0.342 e. The summed E-state index contributed by atoms with van der Waals surface area (Å²) in [6, 6.07) is 16.4. The molecular weight excluding hydrogens is 380 g/mol. The number of nitrogens with zero attached hydrogens (tertiary/aromatic N) is 4. The first kappa shape index (κ1) is 19.7. The van der Waals surface area contributed by atoms with Gasteiger partial charge in [-0.25, -0.2) is 0 Å². The number of rotatable bonds is 5. The van der Waals surface area contributed by atoms with Gasteiger partial charge in [0.25, 0.3) is 0 Å². The van der Waals surface area contributed by atoms with Gasteiger partial charge in [0.1, 0.15) is 0 Å². The van der Waals surface area contributed by atoms with Gasteiger partial charge in [-0.2, -0.15) is 0 Å². The zero-order valence-electron chi connectivity index (χ0n) is 17.1. The second kappa shape index (κ2) is 8.41. The van der Waals surface area contributed by atoms with Gasteiger partial charge in [-0.05, 0) is 56.9 Å². The Kier molecular flexibility index (Phi) is 5.72. The van der Waals surface area contributed by atoms with Crippen LogP contribution < -0.4 is 0 Å². The van der Waals surface area contributed by atoms with Crippen molar-refractivity contribution in [3.8, 4) is 17.1 Å². The minimum atomic E-state index is -0.203. The second-order valence-electron chi connectivity index (χ2n) is 7.57. The first-order valence-corrected chi connectivity index (χ1v) is 11.0. The van der Waals surface area contributed by atoms with Crippen LogP contribution in [0.15, 0.2) is 53.7 Å². The maximum absolute atomic E-state index is 12.8. The standard InChI is InChI=1S/C23H26N4OS/c1-16-11-12-20(15-17(16)2)27-21(19-9-5-4-6-10-19)24-25-23(27)29-18(3)22(28)26-13-7-8-14-26/h4-6,9-12,15,18H,7-8,13-14H2,1-3H3. The van der Waals surface area contributed by atoms with E-state index >= 15 is 0 Å². The zero-order chi connectivity index (χ0) is 20.4. The van der Waals surface area contributed by atoms with Gasteiger partial charge in [0.05, 0.1) is 10.9 Å². The highest BCUT2D eigenvalue weighted by Gasteiger charge is 2.27. The van der Waals surface area contributed by atoms with Crippen molar-refractivity contribution in [2.45, 2.75) is 44.0 Å². The Morgan fingerprint density at radius 2 is 1.72 bits per heavy atom. The lowest BCUT2D eigenvalue weighted by atomic mass is 10.1. The first-order chi connectivity index (χ1) is 14.0. The highest BCUT2D eigenvalue weighted by Crippen LogP contribution is 2.31. The average molecular weight is 407 g/mol. The Labute approximate surface area is 176 Å². The van der Waals surface area contributed by atoms with Crippen LogP contribution in [0.25, 0.3) is 17.1 Å². The molecule has 6 heteroatoms. The van der Waals surface area contributed by atoms with E-state index < -0.39 is 0 Å². The van der Waals surface area contributed by atoms with Crippen molar-refractivity contribution in [3.63, 3.8) is 0 Å². The maximum atomic E-state index is 12.8. The van der Waals surface area contributed by atoms with E-state index in [0.717, 1.165) is 48.2 Å². The molecule has 1 fully saturated rings. The number of carbonyl (C=O) groups excluding carboxylic acids is 1. The third-order valence-electron chi connectivity index (χ3n) is 5.46. The highest BCUT2D eigenvalue weighted by molar-refractivity contribution is 8.00. The Morgan fingerprint density at radius 1 is 1.00 bits per heavy atom. The molecule has 1 aliphatic rings. The molecule has 1 aliphatic heterocycles. The van der Waals surface area contributed by atoms with Crippen LogP contribution >= 0.6 is 11.8 Å². The fourth-order valence-electron chi connectivity index (χ4n) is 3.62. The quantitative estimate of drug-likeness (QED) is 0.579. The van der Waals surface area contributed by atoms with Gasteiger partial charge in [0, 0.05) is 18.7 Å². The molecule has 0 aliphatic carbocycles. The molecule has 0 saturated carbocycles. The normalized spacial score (nSPS) is 14.9. The van der Waals surface area contributed by atoms with Crippen LogP contribution in [0.4, 0.5) is 0 Å². The lowest BCUT2D eigenvalue weighted by Gasteiger charge is -2.20. The summed E-state index contributed by atoms with van der Waals surface area (Å²) in [5.41, 5.74) is 4.48. The lowest BCUT2D eigenvalue weighted by Crippen LogP contribution is -2.34. The van der Waals surface area contributed by atoms with E-state index in [2.05, 4.69) is 46.8 Å². The highest BCUT2D eigenvalue weighted by atomic mass is 32.2. The molecule has 1 atom stereocenters. The van der Waals surface area contributed by atoms with Gasteiger partial charge in [0.2, 0.25) is 5.91 Å². The smallest absolute Gasteiger partial charge is 0.235 e. The monoisotopic (exact) mass is 406 g/mol. The molecule has 1 amide bonds. The van der Waals surface area contributed by atoms with Crippen molar-refractivity contribution in [1.29, 1.82) is 0 Å². The molecule has 150 valence electrons. The van der Waals surface area contributed by atoms with Crippen LogP contribution in [0.1, 0.15) is 30.9 Å². The van der Waals surface area contributed by atoms with Crippen molar-refractivity contribution in [2.24, 2.45) is 0 Å². The summed E-state index contributed by atoms with van der Waals surface area (Å²) in [5.74, 6) is 0.973. The SMILES string of the molecule is Cc1ccc(-n2c(SC(C)C(=O)N3CCCC3)nnc2-c2ccccc2)cc1C. The summed E-state index contributed by atoms with van der Waals surface area (Å²) in [6.07, 6.45) is 2.19. The molecule has 2 heterocycles. The van der Waals surface area contributed by atoms with E-state index in [9.17, 15) is 4.79 Å². The number of amides is 1. The van der Waals surface area contributed by atoms with E-state index in [0.29, 0.717) is 0 Å². The fourth-order valence-corrected chi connectivity index (χ4v) is 4.57. The van der Waals surface area contributed by atoms with Gasteiger partial charge in [-0.1, -0.05) is 48.2 Å². The Bertz CT molecular complexity index is 1010. The van der Waals surface area contributed by atoms with Crippen LogP contribution in [-0.2, 0) is 4.79 Å². The third-order valence-corrected chi connectivity index (χ3v) is 6.49. The molecule has 0 spiro atoms. The van der Waals surface area contributed by atoms with Crippen molar-refractivity contribution < 1.29 is 4.79 Å². The Balaban J connectivity index is 1.72. The average Bonchev–Trinajstić information content (AvgIpc) is 3.40. The van der Waals surface area contributed by atoms with Crippen LogP contribution in [0.5, 0.6) is 0 Å². The number of aromatic nitrogens is 3. The molecule has 2 aromatic carbocycles. The van der Waals surface area contributed by atoms with Crippen molar-refractivity contribution >= 4 is 17.7 Å². The first-order valence-electron chi connectivity index (χ1n) is 10.1. The van der Waals surface area contributed by atoms with Crippen molar-refractivity contribution in [1.82, 2.24) is 19.7 Å². The van der Waals surface area contributed by atoms with Crippen LogP contribution in [-0.4, -0.2) is 43.9 Å². The Hall–Kier alpha value is -2.60. The van der Waals surface area contributed by atoms with E-state index in [1.54, 1.807) is 0 Å². The molecular formula is C23H26N4OS. The molecule has 4 rings (SSSR count). The zero-order valence-corrected chi connectivity index (χ0v) is 17.9. The van der Waals surface area contributed by atoms with Gasteiger partial charge >= 0.3 is 0 Å². The van der Waals surface area contributed by atoms with Gasteiger partial charge in [-0.3, -0.25) is 9.36 Å². The predicted molar refractivity (Wildman–Crippen MR) is 117 cm³/mol. The largest absolute Gasteiger partial charge is 0.342 e. The molecule has 1 aromatic heterocycles. The second-order valence-corrected chi connectivity index (χ2v) is 8.88. The van der Waals surface area contributed by atoms with Crippen LogP contribution in [0.3, 0.4) is 0 Å². The van der Waals surface area contributed by atoms with Crippen LogP contribution in [0, 0.1) is 13.8 Å². The summed E-state index contributed by atoms with van der Waals surface area (Å²) >= 11 is 1.48. The van der Waals surface area contributed by atoms with Gasteiger partial charge in [0.15, 0.2) is 11.0 Å². The number of hydrogen-bond donors (Lipinski definition) is 0. The number of aryl methyl sites for hydroxylation is 2. The molecule has 0 radical (unpaired) electrons. The van der Waals surface area contributed by atoms with Gasteiger partial charge < -0.3 is 4.90 Å². The molecule has 1 saturated heterocycles. The lowest BCUT2D eigenvalue weighted by molar-refractivity contribution is -0.129. The minimum absolute atomic E-state index is 0.184. The Morgan fingerprint density at radius 3 is 2.41 bits per heavy atom. The molecule has 3 aromatic rings. The van der Waals surface area contributed by atoms with E-state index in [-0.39, 0.29) is 11.2 Å². The van der Waals surface area contributed by atoms with E-state index in [4.69, 9.17) is 0 Å². The summed E-state index contributed by atoms with van der Waals surface area (Å²) < 4.78 is 2.07. The summed E-state index contributed by atoms with van der Waals surface area (Å²) in [6.45, 7) is 7.91. The number of likely N-dealkylation sites (tertiary alicyclic amines) is 1. The molecule has 0 bridgehead atoms. The van der Waals surface area contributed by atoms with Crippen LogP contribution in [0.2, 0.25) is 0 Å². The summed E-state index contributed by atoms with van der Waals surface area (Å²) in [7, 11) is 0. The molecule has 29 heavy (non-hydrogen) atoms. The number of benzene rings is 2. The summed E-state index contributed by atoms with van der Waals surface area (Å²) in [5, 5.41) is 9.51. The predicted octanol–water partition coefficient (Wildman–Crippen LogP) is 4.65. The molecule has 0 N–H and O–H groups in total. The van der Waals surface area contributed by atoms with E-state index in [1.165, 1.54) is 22.9 Å². The number of hydrogen-bond acceptors (Lipinski definition) is 4. The van der Waals surface area contributed by atoms with Crippen molar-refractivity contribution in [3.05, 3.63) is 59.7 Å². The van der Waals surface area contributed by atoms with Gasteiger partial charge in [-0.15, -0.1) is 10.2 Å². The third kappa shape index (κ3) is 4.08. The van der Waals surface area contributed by atoms with E-state index in [1.807, 2.05) is 42.2 Å². The molecule has 1 unspecified atom stereocenters. The van der Waals surface area contributed by atoms with Crippen molar-refractivity contribution in [2.75, 3.05) is 13.1 Å². The molecule has 5 nitrogen and oxygen atoms in total. The fraction of sp³-hybridized carbons (Fsp3) is 0.348.